The number of nitrogens with zero attached hydrogens (tertiary/aromatic N) is 2. The number of halogens is 4. The van der Waals surface area contributed by atoms with Gasteiger partial charge in [0.1, 0.15) is 11.4 Å². The van der Waals surface area contributed by atoms with Gasteiger partial charge in [-0.1, -0.05) is 12.1 Å². The minimum atomic E-state index is -4.31. The number of hydrogen-bond donors (Lipinski definition) is 0. The second-order valence-electron chi connectivity index (χ2n) is 7.29. The van der Waals surface area contributed by atoms with Crippen molar-refractivity contribution in [2.24, 2.45) is 4.99 Å². The highest BCUT2D eigenvalue weighted by molar-refractivity contribution is 5.64. The molecule has 0 bridgehead atoms. The summed E-state index contributed by atoms with van der Waals surface area (Å²) in [6.07, 6.45) is -0.763. The molecular formula is C21H20F4N2O. The van der Waals surface area contributed by atoms with Crippen LogP contribution in [-0.2, 0) is 22.9 Å². The molecule has 2 aliphatic rings. The van der Waals surface area contributed by atoms with Gasteiger partial charge in [0.25, 0.3) is 0 Å². The van der Waals surface area contributed by atoms with Crippen LogP contribution >= 0.6 is 0 Å². The maximum absolute atomic E-state index is 13.7. The fourth-order valence-electron chi connectivity index (χ4n) is 3.91. The zero-order chi connectivity index (χ0) is 19.8. The van der Waals surface area contributed by atoms with Crippen LogP contribution in [0.2, 0.25) is 0 Å². The van der Waals surface area contributed by atoms with Crippen molar-refractivity contribution in [3.8, 4) is 0 Å². The minimum absolute atomic E-state index is 0.302. The van der Waals surface area contributed by atoms with Crippen molar-refractivity contribution in [3.05, 3.63) is 65.0 Å². The monoisotopic (exact) mass is 392 g/mol. The van der Waals surface area contributed by atoms with Gasteiger partial charge in [0.2, 0.25) is 0 Å². The Balaban J connectivity index is 1.36. The molecule has 148 valence electrons. The lowest BCUT2D eigenvalue weighted by atomic mass is 9.82. The molecule has 2 aromatic rings. The number of likely N-dealkylation sites (tertiary alicyclic amines) is 1. The number of hydrogen-bond acceptors (Lipinski definition) is 3. The smallest absolute Gasteiger partial charge is 0.416 e. The molecule has 1 saturated heterocycles. The van der Waals surface area contributed by atoms with Crippen LogP contribution in [0.1, 0.15) is 29.5 Å². The molecule has 0 radical (unpaired) electrons. The van der Waals surface area contributed by atoms with E-state index in [2.05, 4.69) is 9.89 Å². The van der Waals surface area contributed by atoms with Crippen molar-refractivity contribution >= 4 is 12.1 Å². The van der Waals surface area contributed by atoms with Gasteiger partial charge < -0.3 is 9.64 Å². The van der Waals surface area contributed by atoms with Gasteiger partial charge >= 0.3 is 6.18 Å². The van der Waals surface area contributed by atoms with Crippen LogP contribution in [0.25, 0.3) is 0 Å². The van der Waals surface area contributed by atoms with Crippen molar-refractivity contribution in [2.45, 2.75) is 31.0 Å². The maximum atomic E-state index is 13.7. The van der Waals surface area contributed by atoms with Crippen LogP contribution in [-0.4, -0.2) is 30.9 Å². The summed E-state index contributed by atoms with van der Waals surface area (Å²) in [4.78, 5) is 6.46. The zero-order valence-electron chi connectivity index (χ0n) is 15.2. The fraction of sp³-hybridized carbons (Fsp3) is 0.381. The van der Waals surface area contributed by atoms with Gasteiger partial charge in [-0.25, -0.2) is 9.38 Å². The SMILES string of the molecule is Fc1ccc2c(c1)C1(CCN(CCc3ccc(C(F)(F)F)cc3)CC1)OC=N2. The molecular weight excluding hydrogens is 372 g/mol. The number of ether oxygens (including phenoxy) is 1. The highest BCUT2D eigenvalue weighted by Gasteiger charge is 2.41. The molecule has 0 aromatic heterocycles. The lowest BCUT2D eigenvalue weighted by molar-refractivity contribution is -0.137. The number of rotatable bonds is 3. The lowest BCUT2D eigenvalue weighted by Gasteiger charge is -2.42. The van der Waals surface area contributed by atoms with Gasteiger partial charge in [0.15, 0.2) is 6.40 Å². The molecule has 0 amide bonds. The van der Waals surface area contributed by atoms with Crippen molar-refractivity contribution in [3.63, 3.8) is 0 Å². The molecule has 1 fully saturated rings. The highest BCUT2D eigenvalue weighted by atomic mass is 19.4. The van der Waals surface area contributed by atoms with Gasteiger partial charge in [-0.15, -0.1) is 0 Å². The Morgan fingerprint density at radius 1 is 1.04 bits per heavy atom. The largest absolute Gasteiger partial charge is 0.472 e. The summed E-state index contributed by atoms with van der Waals surface area (Å²) >= 11 is 0. The Bertz CT molecular complexity index is 869. The standard InChI is InChI=1S/C21H20F4N2O/c22-17-5-6-19-18(13-17)20(28-14-26-19)8-11-27(12-9-20)10-7-15-1-3-16(4-2-15)21(23,24)25/h1-6,13-14H,7-12H2. The molecule has 0 saturated carbocycles. The van der Waals surface area contributed by atoms with Crippen LogP contribution in [0, 0.1) is 5.82 Å². The predicted octanol–water partition coefficient (Wildman–Crippen LogP) is 5.07. The number of fused-ring (bicyclic) bond motifs is 2. The Hall–Kier alpha value is -2.41. The van der Waals surface area contributed by atoms with E-state index in [4.69, 9.17) is 4.74 Å². The summed E-state index contributed by atoms with van der Waals surface area (Å²) in [6.45, 7) is 2.29. The topological polar surface area (TPSA) is 24.8 Å². The maximum Gasteiger partial charge on any atom is 0.416 e. The first-order chi connectivity index (χ1) is 13.4. The zero-order valence-corrected chi connectivity index (χ0v) is 15.2. The Morgan fingerprint density at radius 3 is 2.43 bits per heavy atom. The van der Waals surface area contributed by atoms with E-state index in [9.17, 15) is 17.6 Å². The van der Waals surface area contributed by atoms with E-state index in [1.54, 1.807) is 6.07 Å². The molecule has 3 nitrogen and oxygen atoms in total. The Morgan fingerprint density at radius 2 is 1.75 bits per heavy atom. The summed E-state index contributed by atoms with van der Waals surface area (Å²) in [5, 5.41) is 0. The average Bonchev–Trinajstić information content (AvgIpc) is 2.68. The summed E-state index contributed by atoms with van der Waals surface area (Å²) < 4.78 is 57.5. The first kappa shape index (κ1) is 18.9. The van der Waals surface area contributed by atoms with Crippen molar-refractivity contribution in [1.29, 1.82) is 0 Å². The second-order valence-corrected chi connectivity index (χ2v) is 7.29. The molecule has 0 N–H and O–H groups in total. The molecule has 2 aromatic carbocycles. The van der Waals surface area contributed by atoms with E-state index in [1.807, 2.05) is 0 Å². The van der Waals surface area contributed by atoms with Crippen LogP contribution in [0.15, 0.2) is 47.5 Å². The summed E-state index contributed by atoms with van der Waals surface area (Å²) in [6, 6.07) is 9.89. The van der Waals surface area contributed by atoms with E-state index < -0.39 is 17.3 Å². The first-order valence-corrected chi connectivity index (χ1v) is 9.25. The number of benzene rings is 2. The molecule has 2 heterocycles. The molecule has 4 rings (SSSR count). The normalized spacial score (nSPS) is 18.7. The third-order valence-corrected chi connectivity index (χ3v) is 5.58. The van der Waals surface area contributed by atoms with Crippen molar-refractivity contribution in [1.82, 2.24) is 4.90 Å². The van der Waals surface area contributed by atoms with Gasteiger partial charge in [-0.2, -0.15) is 13.2 Å². The van der Waals surface area contributed by atoms with Crippen LogP contribution < -0.4 is 0 Å². The third kappa shape index (κ3) is 3.76. The van der Waals surface area contributed by atoms with E-state index in [1.165, 1.54) is 30.7 Å². The van der Waals surface area contributed by atoms with Gasteiger partial charge in [0, 0.05) is 38.0 Å². The molecule has 28 heavy (non-hydrogen) atoms. The summed E-state index contributed by atoms with van der Waals surface area (Å²) in [5.74, 6) is -0.302. The number of piperidine rings is 1. The van der Waals surface area contributed by atoms with Crippen molar-refractivity contribution in [2.75, 3.05) is 19.6 Å². The summed E-state index contributed by atoms with van der Waals surface area (Å²) in [5.41, 5.74) is 1.23. The lowest BCUT2D eigenvalue weighted by Crippen LogP contribution is -2.45. The van der Waals surface area contributed by atoms with Crippen molar-refractivity contribution < 1.29 is 22.3 Å². The van der Waals surface area contributed by atoms with Gasteiger partial charge in [-0.05, 0) is 42.3 Å². The Kier molecular flexibility index (Phi) is 4.87. The second kappa shape index (κ2) is 7.20. The van der Waals surface area contributed by atoms with Crippen LogP contribution in [0.3, 0.4) is 0 Å². The van der Waals surface area contributed by atoms with Crippen LogP contribution in [0.4, 0.5) is 23.2 Å². The molecule has 0 unspecified atom stereocenters. The fourth-order valence-corrected chi connectivity index (χ4v) is 3.91. The number of aliphatic imine (C=N–C) groups is 1. The highest BCUT2D eigenvalue weighted by Crippen LogP contribution is 2.43. The average molecular weight is 392 g/mol. The molecule has 0 aliphatic carbocycles. The van der Waals surface area contributed by atoms with E-state index in [-0.39, 0.29) is 5.82 Å². The molecule has 2 aliphatic heterocycles. The van der Waals surface area contributed by atoms with E-state index >= 15 is 0 Å². The number of alkyl halides is 3. The Labute approximate surface area is 160 Å². The minimum Gasteiger partial charge on any atom is -0.472 e. The third-order valence-electron chi connectivity index (χ3n) is 5.58. The van der Waals surface area contributed by atoms with Gasteiger partial charge in [0.05, 0.1) is 11.3 Å². The van der Waals surface area contributed by atoms with Crippen LogP contribution in [0.5, 0.6) is 0 Å². The van der Waals surface area contributed by atoms with Gasteiger partial charge in [-0.3, -0.25) is 0 Å². The van der Waals surface area contributed by atoms with E-state index in [0.29, 0.717) is 19.3 Å². The summed E-state index contributed by atoms with van der Waals surface area (Å²) in [7, 11) is 0. The molecule has 7 heteroatoms. The predicted molar refractivity (Wildman–Crippen MR) is 98.1 cm³/mol. The van der Waals surface area contributed by atoms with E-state index in [0.717, 1.165) is 48.6 Å². The molecule has 0 atom stereocenters. The first-order valence-electron chi connectivity index (χ1n) is 9.25. The molecule has 1 spiro atoms. The quantitative estimate of drug-likeness (QED) is 0.682.